The van der Waals surface area contributed by atoms with Crippen LogP contribution in [0.15, 0.2) is 42.5 Å². The first-order valence-corrected chi connectivity index (χ1v) is 9.70. The molecule has 2 aromatic carbocycles. The Kier molecular flexibility index (Phi) is 8.35. The van der Waals surface area contributed by atoms with Gasteiger partial charge >= 0.3 is 0 Å². The molecule has 0 atom stereocenters. The van der Waals surface area contributed by atoms with Gasteiger partial charge < -0.3 is 14.8 Å². The predicted octanol–water partition coefficient (Wildman–Crippen LogP) is 4.40. The van der Waals surface area contributed by atoms with Crippen LogP contribution in [0, 0.1) is 5.92 Å². The van der Waals surface area contributed by atoms with E-state index in [0.717, 1.165) is 0 Å². The summed E-state index contributed by atoms with van der Waals surface area (Å²) >= 11 is 11.1. The Labute approximate surface area is 175 Å². The molecule has 1 amide bonds. The summed E-state index contributed by atoms with van der Waals surface area (Å²) in [6, 6.07) is 12.1. The van der Waals surface area contributed by atoms with E-state index in [1.165, 1.54) is 0 Å². The standard InChI is InChI=1S/C20H24ClN3O3S/c1-4-26-18-10-14(8-9-17(18)27-12-13(2)3)19(25)23-24-20(28)22-16-7-5-6-15(21)11-16/h5-11,13H,4,12H2,1-3H3,(H,23,25)(H2,22,24,28). The molecule has 0 fully saturated rings. The maximum atomic E-state index is 12.4. The zero-order valence-electron chi connectivity index (χ0n) is 16.0. The van der Waals surface area contributed by atoms with E-state index >= 15 is 0 Å². The van der Waals surface area contributed by atoms with E-state index in [1.807, 2.05) is 13.0 Å². The van der Waals surface area contributed by atoms with Crippen molar-refractivity contribution in [3.63, 3.8) is 0 Å². The lowest BCUT2D eigenvalue weighted by Gasteiger charge is -2.15. The number of halogens is 1. The molecule has 0 heterocycles. The zero-order valence-corrected chi connectivity index (χ0v) is 17.6. The largest absolute Gasteiger partial charge is 0.490 e. The maximum Gasteiger partial charge on any atom is 0.269 e. The third-order valence-electron chi connectivity index (χ3n) is 3.45. The van der Waals surface area contributed by atoms with Gasteiger partial charge in [-0.15, -0.1) is 0 Å². The Morgan fingerprint density at radius 1 is 1.11 bits per heavy atom. The minimum atomic E-state index is -0.355. The number of nitrogens with one attached hydrogen (secondary N) is 3. The van der Waals surface area contributed by atoms with Gasteiger partial charge in [-0.1, -0.05) is 31.5 Å². The number of amides is 1. The first-order valence-electron chi connectivity index (χ1n) is 8.91. The minimum Gasteiger partial charge on any atom is -0.490 e. The fourth-order valence-corrected chi connectivity index (χ4v) is 2.57. The maximum absolute atomic E-state index is 12.4. The quantitative estimate of drug-likeness (QED) is 0.454. The third-order valence-corrected chi connectivity index (χ3v) is 3.89. The van der Waals surface area contributed by atoms with Gasteiger partial charge in [0.15, 0.2) is 16.6 Å². The van der Waals surface area contributed by atoms with Gasteiger partial charge in [0.1, 0.15) is 0 Å². The average molecular weight is 422 g/mol. The normalized spacial score (nSPS) is 10.3. The summed E-state index contributed by atoms with van der Waals surface area (Å²) < 4.78 is 11.3. The second-order valence-corrected chi connectivity index (χ2v) is 7.19. The van der Waals surface area contributed by atoms with Crippen molar-refractivity contribution in [1.29, 1.82) is 0 Å². The number of carbonyl (C=O) groups is 1. The number of anilines is 1. The monoisotopic (exact) mass is 421 g/mol. The predicted molar refractivity (Wildman–Crippen MR) is 116 cm³/mol. The molecule has 3 N–H and O–H groups in total. The third kappa shape index (κ3) is 6.90. The van der Waals surface area contributed by atoms with Crippen molar-refractivity contribution in [2.75, 3.05) is 18.5 Å². The number of hydrogen-bond donors (Lipinski definition) is 3. The summed E-state index contributed by atoms with van der Waals surface area (Å²) in [4.78, 5) is 12.4. The highest BCUT2D eigenvalue weighted by atomic mass is 35.5. The lowest BCUT2D eigenvalue weighted by molar-refractivity contribution is 0.0943. The molecule has 0 aliphatic carbocycles. The van der Waals surface area contributed by atoms with Crippen molar-refractivity contribution < 1.29 is 14.3 Å². The van der Waals surface area contributed by atoms with Crippen LogP contribution in [0.3, 0.4) is 0 Å². The van der Waals surface area contributed by atoms with Crippen LogP contribution >= 0.6 is 23.8 Å². The van der Waals surface area contributed by atoms with Crippen LogP contribution in [0.2, 0.25) is 5.02 Å². The lowest BCUT2D eigenvalue weighted by Crippen LogP contribution is -2.43. The fraction of sp³-hybridized carbons (Fsp3) is 0.300. The van der Waals surface area contributed by atoms with Gasteiger partial charge in [-0.3, -0.25) is 15.6 Å². The molecule has 2 aromatic rings. The molecule has 0 unspecified atom stereocenters. The van der Waals surface area contributed by atoms with E-state index in [4.69, 9.17) is 33.3 Å². The second kappa shape index (κ2) is 10.7. The molecule has 0 radical (unpaired) electrons. The van der Waals surface area contributed by atoms with E-state index < -0.39 is 0 Å². The van der Waals surface area contributed by atoms with Gasteiger partial charge in [0.2, 0.25) is 0 Å². The topological polar surface area (TPSA) is 71.6 Å². The molecule has 0 saturated heterocycles. The van der Waals surface area contributed by atoms with E-state index in [0.29, 0.717) is 46.9 Å². The Morgan fingerprint density at radius 2 is 1.89 bits per heavy atom. The summed E-state index contributed by atoms with van der Waals surface area (Å²) in [5, 5.41) is 3.75. The molecule has 0 aromatic heterocycles. The number of rotatable bonds is 7. The Bertz CT molecular complexity index is 830. The van der Waals surface area contributed by atoms with Crippen molar-refractivity contribution in [1.82, 2.24) is 10.9 Å². The van der Waals surface area contributed by atoms with Crippen molar-refractivity contribution in [3.05, 3.63) is 53.1 Å². The summed E-state index contributed by atoms with van der Waals surface area (Å²) in [5.74, 6) is 1.16. The fourth-order valence-electron chi connectivity index (χ4n) is 2.21. The molecule has 0 aliphatic heterocycles. The van der Waals surface area contributed by atoms with Crippen molar-refractivity contribution in [3.8, 4) is 11.5 Å². The molecule has 0 bridgehead atoms. The van der Waals surface area contributed by atoms with Crippen molar-refractivity contribution >= 4 is 40.5 Å². The van der Waals surface area contributed by atoms with Gasteiger partial charge in [0.05, 0.1) is 13.2 Å². The smallest absolute Gasteiger partial charge is 0.269 e. The average Bonchev–Trinajstić information content (AvgIpc) is 2.65. The molecule has 2 rings (SSSR count). The first-order chi connectivity index (χ1) is 13.4. The molecule has 0 aliphatic rings. The van der Waals surface area contributed by atoms with Gasteiger partial charge in [-0.05, 0) is 61.5 Å². The van der Waals surface area contributed by atoms with Crippen molar-refractivity contribution in [2.24, 2.45) is 5.92 Å². The highest BCUT2D eigenvalue weighted by Gasteiger charge is 2.12. The minimum absolute atomic E-state index is 0.234. The zero-order chi connectivity index (χ0) is 20.5. The molecular formula is C20H24ClN3O3S. The number of benzene rings is 2. The van der Waals surface area contributed by atoms with Gasteiger partial charge in [0, 0.05) is 16.3 Å². The number of hydrogen-bond acceptors (Lipinski definition) is 4. The summed E-state index contributed by atoms with van der Waals surface area (Å²) in [6.45, 7) is 7.04. The Hall–Kier alpha value is -2.51. The second-order valence-electron chi connectivity index (χ2n) is 6.34. The summed E-state index contributed by atoms with van der Waals surface area (Å²) in [7, 11) is 0. The molecule has 8 heteroatoms. The SMILES string of the molecule is CCOc1cc(C(=O)NNC(=S)Nc2cccc(Cl)c2)ccc1OCC(C)C. The van der Waals surface area contributed by atoms with Crippen LogP contribution in [0.4, 0.5) is 5.69 Å². The van der Waals surface area contributed by atoms with Gasteiger partial charge in [-0.2, -0.15) is 0 Å². The number of ether oxygens (including phenoxy) is 2. The number of thiocarbonyl (C=S) groups is 1. The van der Waals surface area contributed by atoms with E-state index in [-0.39, 0.29) is 11.0 Å². The highest BCUT2D eigenvalue weighted by molar-refractivity contribution is 7.80. The molecule has 0 saturated carbocycles. The molecule has 150 valence electrons. The molecule has 0 spiro atoms. The molecular weight excluding hydrogens is 398 g/mol. The molecule has 28 heavy (non-hydrogen) atoms. The summed E-state index contributed by atoms with van der Waals surface area (Å²) in [5.41, 5.74) is 6.34. The lowest BCUT2D eigenvalue weighted by atomic mass is 10.2. The molecule has 6 nitrogen and oxygen atoms in total. The van der Waals surface area contributed by atoms with Crippen LogP contribution in [0.25, 0.3) is 0 Å². The van der Waals surface area contributed by atoms with Crippen LogP contribution in [-0.2, 0) is 0 Å². The number of hydrazine groups is 1. The van der Waals surface area contributed by atoms with E-state index in [2.05, 4.69) is 30.0 Å². The summed E-state index contributed by atoms with van der Waals surface area (Å²) in [6.07, 6.45) is 0. The van der Waals surface area contributed by atoms with Crippen LogP contribution in [0.1, 0.15) is 31.1 Å². The van der Waals surface area contributed by atoms with E-state index in [9.17, 15) is 4.79 Å². The van der Waals surface area contributed by atoms with E-state index in [1.54, 1.807) is 36.4 Å². The Morgan fingerprint density at radius 3 is 2.57 bits per heavy atom. The van der Waals surface area contributed by atoms with Crippen LogP contribution in [0.5, 0.6) is 11.5 Å². The van der Waals surface area contributed by atoms with Crippen molar-refractivity contribution in [2.45, 2.75) is 20.8 Å². The highest BCUT2D eigenvalue weighted by Crippen LogP contribution is 2.29. The van der Waals surface area contributed by atoms with Crippen LogP contribution < -0.4 is 25.6 Å². The Balaban J connectivity index is 1.97. The van der Waals surface area contributed by atoms with Gasteiger partial charge in [0.25, 0.3) is 5.91 Å². The van der Waals surface area contributed by atoms with Gasteiger partial charge in [-0.25, -0.2) is 0 Å². The number of carbonyl (C=O) groups excluding carboxylic acids is 1. The first kappa shape index (κ1) is 21.8. The van der Waals surface area contributed by atoms with Crippen LogP contribution in [-0.4, -0.2) is 24.2 Å².